The number of aromatic amines is 1. The number of sulfonamides is 1. The van der Waals surface area contributed by atoms with Crippen LogP contribution in [0.3, 0.4) is 0 Å². The standard InChI is InChI=1S/C27H24BrN5O2S.ClH/c28-23-7-4-8-26(13-23)36(34,35)33-16-22-11-21(14-29)9-10-27(22)32(17-24-15-30-19-31-24)18-25(33)12-20-5-2-1-3-6-20;/h1-11,13,15,19,25H,12,16-18H2,(H,30,31);1H/t25-;/m1./s1. The Kier molecular flexibility index (Phi) is 8.35. The largest absolute Gasteiger partial charge is 0.364 e. The molecular weight excluding hydrogens is 574 g/mol. The van der Waals surface area contributed by atoms with Crippen molar-refractivity contribution in [1.29, 1.82) is 5.26 Å². The van der Waals surface area contributed by atoms with Gasteiger partial charge >= 0.3 is 0 Å². The van der Waals surface area contributed by atoms with Gasteiger partial charge in [0.2, 0.25) is 10.0 Å². The van der Waals surface area contributed by atoms with Crippen LogP contribution in [-0.2, 0) is 29.5 Å². The second-order valence-electron chi connectivity index (χ2n) is 8.76. The Morgan fingerprint density at radius 1 is 1.08 bits per heavy atom. The number of nitrogens with one attached hydrogen (secondary N) is 1. The van der Waals surface area contributed by atoms with E-state index in [1.165, 1.54) is 0 Å². The lowest BCUT2D eigenvalue weighted by Crippen LogP contribution is -2.45. The summed E-state index contributed by atoms with van der Waals surface area (Å²) in [6.07, 6.45) is 3.96. The molecule has 0 saturated heterocycles. The summed E-state index contributed by atoms with van der Waals surface area (Å²) in [6.45, 7) is 1.17. The van der Waals surface area contributed by atoms with E-state index in [4.69, 9.17) is 0 Å². The minimum Gasteiger partial charge on any atom is -0.364 e. The van der Waals surface area contributed by atoms with E-state index in [0.717, 1.165) is 22.5 Å². The van der Waals surface area contributed by atoms with Crippen molar-refractivity contribution < 1.29 is 8.42 Å². The highest BCUT2D eigenvalue weighted by molar-refractivity contribution is 9.10. The first-order valence-electron chi connectivity index (χ1n) is 11.5. The molecule has 0 bridgehead atoms. The SMILES string of the molecule is Cl.N#Cc1ccc2c(c1)CN(S(=O)(=O)c1cccc(Br)c1)[C@H](Cc1ccccc1)CN2Cc1cnc[nH]1. The molecule has 0 fully saturated rings. The molecule has 1 aliphatic rings. The van der Waals surface area contributed by atoms with Crippen LogP contribution in [0.5, 0.6) is 0 Å². The van der Waals surface area contributed by atoms with E-state index in [-0.39, 0.29) is 29.9 Å². The maximum Gasteiger partial charge on any atom is 0.243 e. The van der Waals surface area contributed by atoms with Crippen LogP contribution in [0.4, 0.5) is 5.69 Å². The zero-order chi connectivity index (χ0) is 25.1. The average Bonchev–Trinajstić information content (AvgIpc) is 3.34. The third-order valence-electron chi connectivity index (χ3n) is 6.35. The van der Waals surface area contributed by atoms with Gasteiger partial charge in [-0.15, -0.1) is 12.4 Å². The Hall–Kier alpha value is -3.16. The first kappa shape index (κ1) is 26.9. The molecule has 5 rings (SSSR count). The molecule has 2 heterocycles. The molecular formula is C27H25BrClN5O2S. The lowest BCUT2D eigenvalue weighted by Gasteiger charge is -2.32. The molecule has 1 aliphatic heterocycles. The van der Waals surface area contributed by atoms with Gasteiger partial charge in [0.25, 0.3) is 0 Å². The maximum atomic E-state index is 14.1. The number of rotatable bonds is 6. The van der Waals surface area contributed by atoms with Crippen LogP contribution < -0.4 is 4.90 Å². The highest BCUT2D eigenvalue weighted by Crippen LogP contribution is 2.34. The average molecular weight is 599 g/mol. The molecule has 0 saturated carbocycles. The van der Waals surface area contributed by atoms with Gasteiger partial charge in [0.15, 0.2) is 0 Å². The van der Waals surface area contributed by atoms with Crippen molar-refractivity contribution in [3.63, 3.8) is 0 Å². The van der Waals surface area contributed by atoms with Gasteiger partial charge in [-0.05, 0) is 53.9 Å². The van der Waals surface area contributed by atoms with Gasteiger partial charge in [-0.3, -0.25) is 0 Å². The van der Waals surface area contributed by atoms with Gasteiger partial charge in [-0.2, -0.15) is 9.57 Å². The van der Waals surface area contributed by atoms with E-state index in [1.807, 2.05) is 42.5 Å². The van der Waals surface area contributed by atoms with Crippen LogP contribution in [-0.4, -0.2) is 35.3 Å². The topological polar surface area (TPSA) is 93.1 Å². The second-order valence-corrected chi connectivity index (χ2v) is 11.6. The predicted molar refractivity (Wildman–Crippen MR) is 149 cm³/mol. The van der Waals surface area contributed by atoms with E-state index in [0.29, 0.717) is 29.5 Å². The number of hydrogen-bond donors (Lipinski definition) is 1. The molecule has 4 aromatic rings. The number of hydrogen-bond acceptors (Lipinski definition) is 5. The summed E-state index contributed by atoms with van der Waals surface area (Å²) in [6, 6.07) is 24.1. The molecule has 1 aromatic heterocycles. The van der Waals surface area contributed by atoms with Crippen molar-refractivity contribution in [2.75, 3.05) is 11.4 Å². The highest BCUT2D eigenvalue weighted by Gasteiger charge is 2.36. The molecule has 7 nitrogen and oxygen atoms in total. The number of halogens is 2. The van der Waals surface area contributed by atoms with Crippen LogP contribution in [0.1, 0.15) is 22.4 Å². The zero-order valence-corrected chi connectivity index (χ0v) is 23.0. The summed E-state index contributed by atoms with van der Waals surface area (Å²) in [4.78, 5) is 9.71. The number of fused-ring (bicyclic) bond motifs is 1. The number of nitriles is 1. The van der Waals surface area contributed by atoms with Crippen molar-refractivity contribution in [3.8, 4) is 6.07 Å². The van der Waals surface area contributed by atoms with Crippen molar-refractivity contribution in [3.05, 3.63) is 112 Å². The van der Waals surface area contributed by atoms with E-state index in [1.54, 1.807) is 47.2 Å². The normalized spacial score (nSPS) is 15.8. The van der Waals surface area contributed by atoms with Crippen molar-refractivity contribution >= 4 is 44.0 Å². The van der Waals surface area contributed by atoms with Gasteiger partial charge in [-0.1, -0.05) is 52.3 Å². The Bertz CT molecular complexity index is 1510. The van der Waals surface area contributed by atoms with Crippen LogP contribution in [0.25, 0.3) is 0 Å². The predicted octanol–water partition coefficient (Wildman–Crippen LogP) is 5.29. The number of benzene rings is 3. The Morgan fingerprint density at radius 2 is 1.89 bits per heavy atom. The van der Waals surface area contributed by atoms with Crippen molar-refractivity contribution in [2.24, 2.45) is 0 Å². The fraction of sp³-hybridized carbons (Fsp3) is 0.185. The van der Waals surface area contributed by atoms with Gasteiger partial charge in [0.05, 0.1) is 35.1 Å². The van der Waals surface area contributed by atoms with Crippen LogP contribution in [0, 0.1) is 11.3 Å². The van der Waals surface area contributed by atoms with E-state index < -0.39 is 10.0 Å². The number of nitrogens with zero attached hydrogens (tertiary/aromatic N) is 4. The number of imidazole rings is 1. The van der Waals surface area contributed by atoms with E-state index >= 15 is 0 Å². The Labute approximate surface area is 231 Å². The number of H-pyrrole nitrogens is 1. The molecule has 0 spiro atoms. The first-order valence-corrected chi connectivity index (χ1v) is 13.7. The quantitative estimate of drug-likeness (QED) is 0.326. The van der Waals surface area contributed by atoms with Crippen molar-refractivity contribution in [1.82, 2.24) is 14.3 Å². The Morgan fingerprint density at radius 3 is 2.59 bits per heavy atom. The summed E-state index contributed by atoms with van der Waals surface area (Å²) >= 11 is 3.41. The van der Waals surface area contributed by atoms with Crippen LogP contribution in [0.2, 0.25) is 0 Å². The summed E-state index contributed by atoms with van der Waals surface area (Å²) in [5, 5.41) is 9.55. The summed E-state index contributed by atoms with van der Waals surface area (Å²) in [7, 11) is -3.85. The van der Waals surface area contributed by atoms with Gasteiger partial charge in [0.1, 0.15) is 0 Å². The first-order chi connectivity index (χ1) is 17.4. The Balaban J connectivity index is 0.00000320. The summed E-state index contributed by atoms with van der Waals surface area (Å²) in [5.41, 5.74) is 4.18. The third-order valence-corrected chi connectivity index (χ3v) is 8.73. The highest BCUT2D eigenvalue weighted by atomic mass is 79.9. The maximum absolute atomic E-state index is 14.1. The third kappa shape index (κ3) is 5.89. The lowest BCUT2D eigenvalue weighted by atomic mass is 10.1. The van der Waals surface area contributed by atoms with Crippen LogP contribution in [0.15, 0.2) is 94.7 Å². The van der Waals surface area contributed by atoms with Crippen LogP contribution >= 0.6 is 28.3 Å². The molecule has 10 heteroatoms. The molecule has 1 atom stereocenters. The monoisotopic (exact) mass is 597 g/mol. The molecule has 37 heavy (non-hydrogen) atoms. The fourth-order valence-electron chi connectivity index (χ4n) is 4.65. The van der Waals surface area contributed by atoms with Gasteiger partial charge in [0, 0.05) is 35.5 Å². The fourth-order valence-corrected chi connectivity index (χ4v) is 6.84. The van der Waals surface area contributed by atoms with Gasteiger partial charge in [-0.25, -0.2) is 13.4 Å². The summed E-state index contributed by atoms with van der Waals surface area (Å²) < 4.78 is 30.5. The lowest BCUT2D eigenvalue weighted by molar-refractivity contribution is 0.318. The van der Waals surface area contributed by atoms with Gasteiger partial charge < -0.3 is 9.88 Å². The molecule has 0 amide bonds. The number of aromatic nitrogens is 2. The number of anilines is 1. The van der Waals surface area contributed by atoms with E-state index in [9.17, 15) is 13.7 Å². The second kappa shape index (κ2) is 11.5. The molecule has 0 aliphatic carbocycles. The summed E-state index contributed by atoms with van der Waals surface area (Å²) in [5.74, 6) is 0. The zero-order valence-electron chi connectivity index (χ0n) is 19.8. The van der Waals surface area contributed by atoms with Crippen molar-refractivity contribution in [2.45, 2.75) is 30.4 Å². The molecule has 190 valence electrons. The molecule has 3 aromatic carbocycles. The minimum atomic E-state index is -3.85. The van der Waals surface area contributed by atoms with E-state index in [2.05, 4.69) is 36.9 Å². The minimum absolute atomic E-state index is 0. The molecule has 1 N–H and O–H groups in total. The molecule has 0 radical (unpaired) electrons. The molecule has 0 unspecified atom stereocenters. The smallest absolute Gasteiger partial charge is 0.243 e.